The maximum absolute atomic E-state index is 4.23. The first-order chi connectivity index (χ1) is 3.79. The Hall–Kier alpha value is -0.0513. The molecule has 0 bridgehead atoms. The van der Waals surface area contributed by atoms with Crippen molar-refractivity contribution in [1.29, 1.82) is 0 Å². The van der Waals surface area contributed by atoms with Crippen molar-refractivity contribution in [1.82, 2.24) is 4.98 Å². The molecule has 2 radical (unpaired) electrons. The van der Waals surface area contributed by atoms with Crippen LogP contribution in [-0.4, -0.2) is 27.5 Å². The Balaban J connectivity index is 3.08. The standard InChI is InChI=1S/C6H6N.Sn.H/c1-6-4-2-3-5-7-6;;/h2-4H,1H3;;. The average molecular weight is 212 g/mol. The predicted octanol–water partition coefficient (Wildman–Crippen LogP) is -0.0839. The van der Waals surface area contributed by atoms with E-state index in [4.69, 9.17) is 0 Å². The van der Waals surface area contributed by atoms with E-state index in [2.05, 4.69) is 11.1 Å². The quantitative estimate of drug-likeness (QED) is 0.548. The van der Waals surface area contributed by atoms with E-state index < -0.39 is 0 Å². The van der Waals surface area contributed by atoms with E-state index in [1.807, 2.05) is 19.1 Å². The molecule has 1 heterocycles. The van der Waals surface area contributed by atoms with Gasteiger partial charge in [-0.2, -0.15) is 0 Å². The number of rotatable bonds is 0. The molecule has 8 heavy (non-hydrogen) atoms. The molecule has 1 rings (SSSR count). The van der Waals surface area contributed by atoms with Gasteiger partial charge in [-0.1, -0.05) is 0 Å². The van der Waals surface area contributed by atoms with Crippen LogP contribution >= 0.6 is 0 Å². The van der Waals surface area contributed by atoms with Crippen LogP contribution in [0, 0.1) is 6.92 Å². The number of hydrogen-bond acceptors (Lipinski definition) is 1. The van der Waals surface area contributed by atoms with E-state index in [1.165, 1.54) is 3.71 Å². The van der Waals surface area contributed by atoms with Gasteiger partial charge in [0.15, 0.2) is 0 Å². The zero-order chi connectivity index (χ0) is 5.98. The van der Waals surface area contributed by atoms with Crippen molar-refractivity contribution in [2.45, 2.75) is 6.92 Å². The summed E-state index contributed by atoms with van der Waals surface area (Å²) in [6.07, 6.45) is 0. The predicted molar refractivity (Wildman–Crippen MR) is 35.8 cm³/mol. The molecule has 0 amide bonds. The molecule has 0 fully saturated rings. The molecule has 2 heteroatoms. The molecular weight excluding hydrogens is 205 g/mol. The summed E-state index contributed by atoms with van der Waals surface area (Å²) in [7, 11) is 0. The molecule has 0 saturated carbocycles. The van der Waals surface area contributed by atoms with Crippen molar-refractivity contribution in [2.75, 3.05) is 0 Å². The van der Waals surface area contributed by atoms with Gasteiger partial charge in [0.05, 0.1) is 0 Å². The van der Waals surface area contributed by atoms with Crippen molar-refractivity contribution in [2.24, 2.45) is 0 Å². The van der Waals surface area contributed by atoms with Gasteiger partial charge in [-0.15, -0.1) is 0 Å². The zero-order valence-corrected chi connectivity index (χ0v) is 8.05. The summed E-state index contributed by atoms with van der Waals surface area (Å²) in [6.45, 7) is 2.01. The second-order valence-corrected chi connectivity index (χ2v) is 3.39. The molecule has 0 unspecified atom stereocenters. The molecule has 0 atom stereocenters. The average Bonchev–Trinajstić information content (AvgIpc) is 1.64. The van der Waals surface area contributed by atoms with Crippen LogP contribution in [0.1, 0.15) is 5.69 Å². The van der Waals surface area contributed by atoms with Crippen molar-refractivity contribution >= 4 is 26.2 Å². The number of aryl methyl sites for hydroxylation is 1. The van der Waals surface area contributed by atoms with Crippen LogP contribution < -0.4 is 3.71 Å². The summed E-state index contributed by atoms with van der Waals surface area (Å²) < 4.78 is 1.22. The fourth-order valence-electron chi connectivity index (χ4n) is 0.564. The number of pyridine rings is 1. The third-order valence-electron chi connectivity index (χ3n) is 0.910. The molecular formula is C6H7NSn. The van der Waals surface area contributed by atoms with Crippen molar-refractivity contribution in [3.8, 4) is 0 Å². The number of aromatic nitrogens is 1. The summed E-state index contributed by atoms with van der Waals surface area (Å²) in [5, 5.41) is 0. The number of nitrogens with zero attached hydrogens (tertiary/aromatic N) is 1. The first kappa shape index (κ1) is 6.07. The minimum atomic E-state index is 1.12. The first-order valence-corrected chi connectivity index (χ1v) is 4.13. The van der Waals surface area contributed by atoms with E-state index in [-0.39, 0.29) is 0 Å². The van der Waals surface area contributed by atoms with Crippen LogP contribution in [0.25, 0.3) is 0 Å². The Bertz CT molecular complexity index is 168. The second kappa shape index (κ2) is 2.48. The Morgan fingerprint density at radius 2 is 2.25 bits per heavy atom. The Morgan fingerprint density at radius 3 is 2.62 bits per heavy atom. The molecule has 1 aromatic rings. The van der Waals surface area contributed by atoms with Gasteiger partial charge in [0.25, 0.3) is 0 Å². The van der Waals surface area contributed by atoms with Gasteiger partial charge in [-0.05, 0) is 0 Å². The first-order valence-electron chi connectivity index (χ1n) is 2.48. The van der Waals surface area contributed by atoms with Crippen molar-refractivity contribution < 1.29 is 0 Å². The SMILES string of the molecule is Cc1ccc[c]([SnH])n1. The normalized spacial score (nSPS) is 9.25. The van der Waals surface area contributed by atoms with Gasteiger partial charge in [-0.3, -0.25) is 0 Å². The molecule has 0 aliphatic heterocycles. The van der Waals surface area contributed by atoms with Gasteiger partial charge >= 0.3 is 62.0 Å². The Kier molecular flexibility index (Phi) is 1.89. The molecule has 0 saturated heterocycles. The van der Waals surface area contributed by atoms with E-state index in [9.17, 15) is 0 Å². The summed E-state index contributed by atoms with van der Waals surface area (Å²) >= 11 is 1.12. The third-order valence-corrected chi connectivity index (χ3v) is 1.83. The monoisotopic (exact) mass is 213 g/mol. The topological polar surface area (TPSA) is 12.9 Å². The van der Waals surface area contributed by atoms with Crippen LogP contribution in [0.4, 0.5) is 0 Å². The fraction of sp³-hybridized carbons (Fsp3) is 0.167. The van der Waals surface area contributed by atoms with Crippen molar-refractivity contribution in [3.63, 3.8) is 0 Å². The Labute approximate surface area is 62.2 Å². The summed E-state index contributed by atoms with van der Waals surface area (Å²) in [4.78, 5) is 4.23. The minimum absolute atomic E-state index is 1.12. The summed E-state index contributed by atoms with van der Waals surface area (Å²) in [6, 6.07) is 6.11. The van der Waals surface area contributed by atoms with E-state index in [1.54, 1.807) is 0 Å². The molecule has 1 nitrogen and oxygen atoms in total. The van der Waals surface area contributed by atoms with Gasteiger partial charge in [0, 0.05) is 0 Å². The molecule has 0 aromatic carbocycles. The summed E-state index contributed by atoms with van der Waals surface area (Å²) in [5.74, 6) is 0. The van der Waals surface area contributed by atoms with Gasteiger partial charge in [0.1, 0.15) is 0 Å². The molecule has 40 valence electrons. The van der Waals surface area contributed by atoms with Gasteiger partial charge < -0.3 is 0 Å². The van der Waals surface area contributed by atoms with Crippen LogP contribution in [0.2, 0.25) is 0 Å². The molecule has 0 aliphatic rings. The van der Waals surface area contributed by atoms with E-state index in [0.29, 0.717) is 0 Å². The fourth-order valence-corrected chi connectivity index (χ4v) is 1.46. The molecule has 0 aliphatic carbocycles. The second-order valence-electron chi connectivity index (χ2n) is 1.70. The van der Waals surface area contributed by atoms with Gasteiger partial charge in [0.2, 0.25) is 0 Å². The van der Waals surface area contributed by atoms with Crippen LogP contribution in [-0.2, 0) is 0 Å². The van der Waals surface area contributed by atoms with Gasteiger partial charge in [-0.25, -0.2) is 0 Å². The van der Waals surface area contributed by atoms with Crippen molar-refractivity contribution in [3.05, 3.63) is 23.9 Å². The van der Waals surface area contributed by atoms with E-state index in [0.717, 1.165) is 28.2 Å². The Morgan fingerprint density at radius 1 is 1.50 bits per heavy atom. The van der Waals surface area contributed by atoms with E-state index >= 15 is 0 Å². The number of hydrogen-bond donors (Lipinski definition) is 0. The third kappa shape index (κ3) is 1.47. The maximum atomic E-state index is 4.23. The van der Waals surface area contributed by atoms with Crippen LogP contribution in [0.5, 0.6) is 0 Å². The molecule has 0 spiro atoms. The molecule has 1 aromatic heterocycles. The van der Waals surface area contributed by atoms with Crippen LogP contribution in [0.15, 0.2) is 18.2 Å². The molecule has 0 N–H and O–H groups in total. The summed E-state index contributed by atoms with van der Waals surface area (Å²) in [5.41, 5.74) is 1.12. The zero-order valence-electron chi connectivity index (χ0n) is 4.76. The van der Waals surface area contributed by atoms with Crippen LogP contribution in [0.3, 0.4) is 0 Å².